The molecule has 0 atom stereocenters. The molecule has 0 spiro atoms. The molecule has 0 aliphatic carbocycles. The molecule has 0 saturated carbocycles. The second kappa shape index (κ2) is 8.17. The maximum absolute atomic E-state index is 12.2. The number of thiophene rings is 1. The summed E-state index contributed by atoms with van der Waals surface area (Å²) < 4.78 is 2.91. The fraction of sp³-hybridized carbons (Fsp3) is 0.118. The van der Waals surface area contributed by atoms with E-state index in [4.69, 9.17) is 5.73 Å². The summed E-state index contributed by atoms with van der Waals surface area (Å²) in [6, 6.07) is 13.3. The predicted octanol–water partition coefficient (Wildman–Crippen LogP) is 2.96. The maximum Gasteiger partial charge on any atom is 0.274 e. The van der Waals surface area contributed by atoms with Crippen molar-refractivity contribution in [3.05, 3.63) is 65.5 Å². The highest BCUT2D eigenvalue weighted by molar-refractivity contribution is 7.99. The first kappa shape index (κ1) is 18.2. The SMILES string of the molecule is CN(Cc1ccccc1)Sc1cc(C(N)=O)c(NC(=O)c2ccn[nH]2)s1. The second-order valence-corrected chi connectivity index (χ2v) is 8.02. The van der Waals surface area contributed by atoms with Crippen LogP contribution in [-0.2, 0) is 6.54 Å². The highest BCUT2D eigenvalue weighted by Crippen LogP contribution is 2.36. The van der Waals surface area contributed by atoms with Crippen LogP contribution in [0.3, 0.4) is 0 Å². The molecule has 7 nitrogen and oxygen atoms in total. The molecule has 9 heteroatoms. The predicted molar refractivity (Wildman–Crippen MR) is 103 cm³/mol. The number of nitrogens with one attached hydrogen (secondary N) is 2. The number of primary amides is 1. The van der Waals surface area contributed by atoms with Crippen molar-refractivity contribution in [2.75, 3.05) is 12.4 Å². The van der Waals surface area contributed by atoms with Gasteiger partial charge in [0.05, 0.1) is 9.77 Å². The van der Waals surface area contributed by atoms with Crippen LogP contribution in [0, 0.1) is 0 Å². The van der Waals surface area contributed by atoms with Gasteiger partial charge in [-0.2, -0.15) is 5.10 Å². The van der Waals surface area contributed by atoms with Gasteiger partial charge in [-0.3, -0.25) is 14.7 Å². The summed E-state index contributed by atoms with van der Waals surface area (Å²) in [5.74, 6) is -0.959. The first-order valence-corrected chi connectivity index (χ1v) is 9.29. The van der Waals surface area contributed by atoms with Crippen molar-refractivity contribution in [1.29, 1.82) is 0 Å². The van der Waals surface area contributed by atoms with E-state index < -0.39 is 5.91 Å². The van der Waals surface area contributed by atoms with Gasteiger partial charge in [0.1, 0.15) is 10.7 Å². The fourth-order valence-corrected chi connectivity index (χ4v) is 4.53. The summed E-state index contributed by atoms with van der Waals surface area (Å²) in [5, 5.41) is 9.46. The second-order valence-electron chi connectivity index (χ2n) is 5.46. The van der Waals surface area contributed by atoms with E-state index in [1.165, 1.54) is 35.0 Å². The molecular formula is C17H17N5O2S2. The number of rotatable bonds is 7. The normalized spacial score (nSPS) is 10.8. The number of H-pyrrole nitrogens is 1. The minimum Gasteiger partial charge on any atom is -0.366 e. The van der Waals surface area contributed by atoms with Gasteiger partial charge in [0.15, 0.2) is 0 Å². The van der Waals surface area contributed by atoms with E-state index >= 15 is 0 Å². The minimum atomic E-state index is -0.585. The number of hydrogen-bond acceptors (Lipinski definition) is 6. The summed E-state index contributed by atoms with van der Waals surface area (Å²) in [6.45, 7) is 0.741. The van der Waals surface area contributed by atoms with Gasteiger partial charge < -0.3 is 11.1 Å². The minimum absolute atomic E-state index is 0.290. The lowest BCUT2D eigenvalue weighted by molar-refractivity contribution is 0.100. The van der Waals surface area contributed by atoms with Crippen molar-refractivity contribution >= 4 is 40.1 Å². The molecule has 0 unspecified atom stereocenters. The third-order valence-corrected chi connectivity index (χ3v) is 5.50. The fourth-order valence-electron chi connectivity index (χ4n) is 2.27. The van der Waals surface area contributed by atoms with Gasteiger partial charge >= 0.3 is 0 Å². The summed E-state index contributed by atoms with van der Waals surface area (Å²) in [5.41, 5.74) is 7.23. The average molecular weight is 387 g/mol. The number of anilines is 1. The first-order chi connectivity index (χ1) is 12.5. The van der Waals surface area contributed by atoms with Crippen LogP contribution in [0.4, 0.5) is 5.00 Å². The molecule has 0 bridgehead atoms. The molecule has 3 aromatic rings. The van der Waals surface area contributed by atoms with Crippen LogP contribution < -0.4 is 11.1 Å². The summed E-state index contributed by atoms with van der Waals surface area (Å²) >= 11 is 2.79. The lowest BCUT2D eigenvalue weighted by atomic mass is 10.2. The van der Waals surface area contributed by atoms with E-state index in [1.807, 2.05) is 29.6 Å². The quantitative estimate of drug-likeness (QED) is 0.541. The van der Waals surface area contributed by atoms with Crippen LogP contribution in [0.5, 0.6) is 0 Å². The first-order valence-electron chi connectivity index (χ1n) is 7.70. The molecule has 2 amide bonds. The van der Waals surface area contributed by atoms with Gasteiger partial charge in [0.25, 0.3) is 11.8 Å². The van der Waals surface area contributed by atoms with Crippen molar-refractivity contribution in [2.45, 2.75) is 10.8 Å². The number of aromatic nitrogens is 2. The standard InChI is InChI=1S/C17H17N5O2S2/c1-22(10-11-5-3-2-4-6-11)26-14-9-12(15(18)23)17(25-14)20-16(24)13-7-8-19-21-13/h2-9H,10H2,1H3,(H2,18,23)(H,19,21)(H,20,24). The van der Waals surface area contributed by atoms with E-state index in [9.17, 15) is 9.59 Å². The number of hydrogen-bond donors (Lipinski definition) is 3. The molecule has 134 valence electrons. The van der Waals surface area contributed by atoms with Gasteiger partial charge in [0, 0.05) is 12.7 Å². The van der Waals surface area contributed by atoms with E-state index in [0.717, 1.165) is 10.8 Å². The Kier molecular flexibility index (Phi) is 5.71. The largest absolute Gasteiger partial charge is 0.366 e. The van der Waals surface area contributed by atoms with Crippen LogP contribution in [-0.4, -0.2) is 33.4 Å². The molecule has 0 fully saturated rings. The van der Waals surface area contributed by atoms with Crippen LogP contribution in [0.2, 0.25) is 0 Å². The van der Waals surface area contributed by atoms with Gasteiger partial charge in [-0.05, 0) is 36.7 Å². The van der Waals surface area contributed by atoms with Crippen LogP contribution in [0.15, 0.2) is 52.9 Å². The molecule has 1 aromatic carbocycles. The Bertz CT molecular complexity index is 893. The molecule has 26 heavy (non-hydrogen) atoms. The van der Waals surface area contributed by atoms with Gasteiger partial charge in [0.2, 0.25) is 0 Å². The Hall–Kier alpha value is -2.62. The zero-order valence-corrected chi connectivity index (χ0v) is 15.6. The van der Waals surface area contributed by atoms with Crippen LogP contribution in [0.25, 0.3) is 0 Å². The highest BCUT2D eigenvalue weighted by Gasteiger charge is 2.18. The number of amides is 2. The molecule has 0 aliphatic heterocycles. The number of aromatic amines is 1. The Morgan fingerprint density at radius 3 is 2.73 bits per heavy atom. The Morgan fingerprint density at radius 2 is 2.08 bits per heavy atom. The van der Waals surface area contributed by atoms with Crippen molar-refractivity contribution in [3.8, 4) is 0 Å². The van der Waals surface area contributed by atoms with Gasteiger partial charge in [-0.1, -0.05) is 30.3 Å². The van der Waals surface area contributed by atoms with Crippen molar-refractivity contribution in [1.82, 2.24) is 14.5 Å². The Balaban J connectivity index is 1.72. The van der Waals surface area contributed by atoms with E-state index in [0.29, 0.717) is 16.3 Å². The maximum atomic E-state index is 12.2. The van der Waals surface area contributed by atoms with Gasteiger partial charge in [-0.15, -0.1) is 11.3 Å². The Morgan fingerprint density at radius 1 is 1.31 bits per heavy atom. The van der Waals surface area contributed by atoms with Crippen molar-refractivity contribution < 1.29 is 9.59 Å². The van der Waals surface area contributed by atoms with Crippen molar-refractivity contribution in [2.24, 2.45) is 5.73 Å². The Labute approximate surface area is 158 Å². The van der Waals surface area contributed by atoms with E-state index in [-0.39, 0.29) is 5.91 Å². The van der Waals surface area contributed by atoms with E-state index in [2.05, 4.69) is 27.6 Å². The summed E-state index contributed by atoms with van der Waals surface area (Å²) in [6.07, 6.45) is 1.48. The monoisotopic (exact) mass is 387 g/mol. The molecule has 0 radical (unpaired) electrons. The third-order valence-electron chi connectivity index (χ3n) is 3.44. The summed E-state index contributed by atoms with van der Waals surface area (Å²) in [7, 11) is 1.96. The van der Waals surface area contributed by atoms with Crippen molar-refractivity contribution in [3.63, 3.8) is 0 Å². The number of nitrogens with zero attached hydrogens (tertiary/aromatic N) is 2. The number of carbonyl (C=O) groups is 2. The number of carbonyl (C=O) groups excluding carboxylic acids is 2. The number of benzene rings is 1. The average Bonchev–Trinajstić information content (AvgIpc) is 3.25. The zero-order valence-electron chi connectivity index (χ0n) is 13.9. The molecule has 2 aromatic heterocycles. The van der Waals surface area contributed by atoms with Crippen LogP contribution >= 0.6 is 23.3 Å². The lowest BCUT2D eigenvalue weighted by Crippen LogP contribution is -2.16. The number of nitrogens with two attached hydrogens (primary N) is 1. The molecule has 2 heterocycles. The summed E-state index contributed by atoms with van der Waals surface area (Å²) in [4.78, 5) is 23.9. The zero-order chi connectivity index (χ0) is 18.5. The topological polar surface area (TPSA) is 104 Å². The lowest BCUT2D eigenvalue weighted by Gasteiger charge is -2.14. The molecular weight excluding hydrogens is 370 g/mol. The smallest absolute Gasteiger partial charge is 0.274 e. The molecule has 3 rings (SSSR count). The third kappa shape index (κ3) is 4.51. The van der Waals surface area contributed by atoms with Gasteiger partial charge in [-0.25, -0.2) is 4.31 Å². The molecule has 4 N–H and O–H groups in total. The molecule has 0 aliphatic rings. The van der Waals surface area contributed by atoms with Crippen LogP contribution in [0.1, 0.15) is 26.4 Å². The molecule has 0 saturated heterocycles. The van der Waals surface area contributed by atoms with E-state index in [1.54, 1.807) is 12.1 Å². The highest BCUT2D eigenvalue weighted by atomic mass is 32.2.